The van der Waals surface area contributed by atoms with Gasteiger partial charge in [0.05, 0.1) is 6.54 Å². The molecule has 1 heterocycles. The van der Waals surface area contributed by atoms with Crippen LogP contribution in [0.2, 0.25) is 0 Å². The van der Waals surface area contributed by atoms with E-state index >= 15 is 0 Å². The van der Waals surface area contributed by atoms with Gasteiger partial charge in [0.25, 0.3) is 0 Å². The van der Waals surface area contributed by atoms with E-state index in [1.165, 1.54) is 4.68 Å². The number of aromatic nitrogens is 4. The van der Waals surface area contributed by atoms with Crippen LogP contribution in [0.3, 0.4) is 0 Å². The van der Waals surface area contributed by atoms with Gasteiger partial charge < -0.3 is 5.73 Å². The summed E-state index contributed by atoms with van der Waals surface area (Å²) >= 11 is 0. The average Bonchev–Trinajstić information content (AvgIpc) is 2.91. The van der Waals surface area contributed by atoms with Gasteiger partial charge in [-0.3, -0.25) is 0 Å². The van der Waals surface area contributed by atoms with E-state index < -0.39 is 11.6 Å². The maximum atomic E-state index is 13.7. The second-order valence-electron chi connectivity index (χ2n) is 4.52. The zero-order valence-corrected chi connectivity index (χ0v) is 10.9. The number of benzene rings is 2. The smallest absolute Gasteiger partial charge is 0.182 e. The highest BCUT2D eigenvalue weighted by molar-refractivity contribution is 5.60. The van der Waals surface area contributed by atoms with Gasteiger partial charge in [-0.2, -0.15) is 0 Å². The molecule has 3 rings (SSSR count). The van der Waals surface area contributed by atoms with E-state index in [2.05, 4.69) is 15.5 Å². The Kier molecular flexibility index (Phi) is 3.31. The number of hydrogen-bond donors (Lipinski definition) is 1. The molecule has 0 saturated carbocycles. The second-order valence-corrected chi connectivity index (χ2v) is 4.52. The molecule has 0 atom stereocenters. The number of nitrogens with two attached hydrogens (primary N) is 1. The van der Waals surface area contributed by atoms with Crippen molar-refractivity contribution in [1.82, 2.24) is 20.2 Å². The summed E-state index contributed by atoms with van der Waals surface area (Å²) in [4.78, 5) is 0. The normalized spacial score (nSPS) is 10.8. The van der Waals surface area contributed by atoms with E-state index in [1.54, 1.807) is 24.3 Å². The molecular formula is C14H11F2N5. The van der Waals surface area contributed by atoms with Gasteiger partial charge in [0.1, 0.15) is 11.6 Å². The Labute approximate surface area is 119 Å². The summed E-state index contributed by atoms with van der Waals surface area (Å²) in [7, 11) is 0. The van der Waals surface area contributed by atoms with E-state index in [0.29, 0.717) is 17.1 Å². The van der Waals surface area contributed by atoms with Crippen molar-refractivity contribution in [3.63, 3.8) is 0 Å². The second kappa shape index (κ2) is 5.28. The first-order valence-corrected chi connectivity index (χ1v) is 6.19. The van der Waals surface area contributed by atoms with Crippen LogP contribution < -0.4 is 5.73 Å². The van der Waals surface area contributed by atoms with Gasteiger partial charge in [0, 0.05) is 16.8 Å². The average molecular weight is 287 g/mol. The lowest BCUT2D eigenvalue weighted by Gasteiger charge is -2.06. The fraction of sp³-hybridized carbons (Fsp3) is 0.0714. The molecule has 7 heteroatoms. The molecule has 2 N–H and O–H groups in total. The van der Waals surface area contributed by atoms with Crippen molar-refractivity contribution in [1.29, 1.82) is 0 Å². The SMILES string of the molecule is Nc1cccc(-c2nnnn2Cc2cc(F)ccc2F)c1. The Morgan fingerprint density at radius 1 is 1.10 bits per heavy atom. The number of nitrogens with zero attached hydrogens (tertiary/aromatic N) is 4. The van der Waals surface area contributed by atoms with Crippen molar-refractivity contribution in [3.05, 3.63) is 59.7 Å². The molecule has 0 aliphatic rings. The fourth-order valence-electron chi connectivity index (χ4n) is 2.02. The molecule has 0 bridgehead atoms. The van der Waals surface area contributed by atoms with Crippen LogP contribution >= 0.6 is 0 Å². The van der Waals surface area contributed by atoms with E-state index in [4.69, 9.17) is 5.73 Å². The lowest BCUT2D eigenvalue weighted by molar-refractivity contribution is 0.562. The first-order chi connectivity index (χ1) is 10.1. The summed E-state index contributed by atoms with van der Waals surface area (Å²) in [5.41, 5.74) is 7.17. The molecule has 0 saturated heterocycles. The molecule has 5 nitrogen and oxygen atoms in total. The Hall–Kier alpha value is -2.83. The monoisotopic (exact) mass is 287 g/mol. The van der Waals surface area contributed by atoms with Crippen LogP contribution in [0.15, 0.2) is 42.5 Å². The third-order valence-corrected chi connectivity index (χ3v) is 3.00. The van der Waals surface area contributed by atoms with Crippen LogP contribution in [0.4, 0.5) is 14.5 Å². The van der Waals surface area contributed by atoms with Crippen molar-refractivity contribution in [3.8, 4) is 11.4 Å². The largest absolute Gasteiger partial charge is 0.399 e. The van der Waals surface area contributed by atoms with Crippen molar-refractivity contribution in [2.45, 2.75) is 6.54 Å². The van der Waals surface area contributed by atoms with Gasteiger partial charge in [0.15, 0.2) is 5.82 Å². The van der Waals surface area contributed by atoms with Gasteiger partial charge in [-0.15, -0.1) is 5.10 Å². The van der Waals surface area contributed by atoms with Crippen molar-refractivity contribution >= 4 is 5.69 Å². The number of hydrogen-bond acceptors (Lipinski definition) is 4. The Balaban J connectivity index is 1.98. The van der Waals surface area contributed by atoms with Crippen molar-refractivity contribution in [2.24, 2.45) is 0 Å². The summed E-state index contributed by atoms with van der Waals surface area (Å²) < 4.78 is 28.3. The van der Waals surface area contributed by atoms with Crippen LogP contribution in [-0.4, -0.2) is 20.2 Å². The highest BCUT2D eigenvalue weighted by Gasteiger charge is 2.12. The van der Waals surface area contributed by atoms with Crippen LogP contribution in [-0.2, 0) is 6.54 Å². The number of tetrazole rings is 1. The van der Waals surface area contributed by atoms with Gasteiger partial charge in [0.2, 0.25) is 0 Å². The number of anilines is 1. The van der Waals surface area contributed by atoms with Crippen molar-refractivity contribution < 1.29 is 8.78 Å². The van der Waals surface area contributed by atoms with Crippen LogP contribution in [0.25, 0.3) is 11.4 Å². The molecule has 0 aliphatic carbocycles. The predicted molar refractivity (Wildman–Crippen MR) is 73.1 cm³/mol. The molecule has 0 spiro atoms. The Morgan fingerprint density at radius 2 is 1.95 bits per heavy atom. The first-order valence-electron chi connectivity index (χ1n) is 6.19. The zero-order chi connectivity index (χ0) is 14.8. The van der Waals surface area contributed by atoms with E-state index in [9.17, 15) is 8.78 Å². The molecule has 1 aromatic heterocycles. The highest BCUT2D eigenvalue weighted by Crippen LogP contribution is 2.20. The summed E-state index contributed by atoms with van der Waals surface area (Å²) in [5.74, 6) is -0.582. The molecule has 0 unspecified atom stereocenters. The lowest BCUT2D eigenvalue weighted by Crippen LogP contribution is -2.06. The third-order valence-electron chi connectivity index (χ3n) is 3.00. The number of rotatable bonds is 3. The van der Waals surface area contributed by atoms with E-state index in [0.717, 1.165) is 18.2 Å². The number of nitrogen functional groups attached to an aromatic ring is 1. The van der Waals surface area contributed by atoms with Gasteiger partial charge in [-0.05, 0) is 40.8 Å². The van der Waals surface area contributed by atoms with Gasteiger partial charge in [-0.25, -0.2) is 13.5 Å². The van der Waals surface area contributed by atoms with E-state index in [1.807, 2.05) is 0 Å². The molecule has 2 aromatic carbocycles. The molecule has 0 amide bonds. The minimum Gasteiger partial charge on any atom is -0.399 e. The molecule has 0 fully saturated rings. The maximum absolute atomic E-state index is 13.7. The Morgan fingerprint density at radius 3 is 2.76 bits per heavy atom. The molecule has 3 aromatic rings. The maximum Gasteiger partial charge on any atom is 0.182 e. The molecule has 0 radical (unpaired) electrons. The summed E-state index contributed by atoms with van der Waals surface area (Å²) in [6, 6.07) is 10.3. The lowest BCUT2D eigenvalue weighted by atomic mass is 10.1. The van der Waals surface area contributed by atoms with Crippen LogP contribution in [0, 0.1) is 11.6 Å². The first kappa shape index (κ1) is 13.2. The van der Waals surface area contributed by atoms with Crippen LogP contribution in [0.5, 0.6) is 0 Å². The summed E-state index contributed by atoms with van der Waals surface area (Å²) in [5, 5.41) is 11.3. The topological polar surface area (TPSA) is 69.6 Å². The summed E-state index contributed by atoms with van der Waals surface area (Å²) in [6.45, 7) is 0.0285. The van der Waals surface area contributed by atoms with E-state index in [-0.39, 0.29) is 12.1 Å². The quantitative estimate of drug-likeness (QED) is 0.750. The highest BCUT2D eigenvalue weighted by atomic mass is 19.1. The standard InChI is InChI=1S/C14H11F2N5/c15-11-4-5-13(16)10(6-11)8-21-14(18-19-20-21)9-2-1-3-12(17)7-9/h1-7H,8,17H2. The summed E-state index contributed by atoms with van der Waals surface area (Å²) in [6.07, 6.45) is 0. The Bertz CT molecular complexity index is 785. The van der Waals surface area contributed by atoms with Crippen molar-refractivity contribution in [2.75, 3.05) is 5.73 Å². The minimum atomic E-state index is -0.509. The van der Waals surface area contributed by atoms with Gasteiger partial charge >= 0.3 is 0 Å². The zero-order valence-electron chi connectivity index (χ0n) is 10.9. The van der Waals surface area contributed by atoms with Crippen LogP contribution in [0.1, 0.15) is 5.56 Å². The van der Waals surface area contributed by atoms with Gasteiger partial charge in [-0.1, -0.05) is 12.1 Å². The predicted octanol–water partition coefficient (Wildman–Crippen LogP) is 2.25. The fourth-order valence-corrected chi connectivity index (χ4v) is 2.02. The molecule has 0 aliphatic heterocycles. The molecular weight excluding hydrogens is 276 g/mol. The molecule has 21 heavy (non-hydrogen) atoms. The molecule has 106 valence electrons. The third kappa shape index (κ3) is 2.71. The number of halogens is 2. The minimum absolute atomic E-state index is 0.0285.